The maximum atomic E-state index is 11.1. The summed E-state index contributed by atoms with van der Waals surface area (Å²) >= 11 is 0. The van der Waals surface area contributed by atoms with Crippen molar-refractivity contribution >= 4 is 11.9 Å². The van der Waals surface area contributed by atoms with Crippen LogP contribution in [0.1, 0.15) is 21.7 Å². The first-order valence-corrected chi connectivity index (χ1v) is 6.68. The molecule has 1 aromatic carbocycles. The van der Waals surface area contributed by atoms with Gasteiger partial charge in [-0.2, -0.15) is 0 Å². The molecular weight excluding hydrogens is 270 g/mol. The van der Waals surface area contributed by atoms with Gasteiger partial charge in [0, 0.05) is 17.8 Å². The topological polar surface area (TPSA) is 75.5 Å². The van der Waals surface area contributed by atoms with Crippen LogP contribution in [0.5, 0.6) is 5.75 Å². The Morgan fingerprint density at radius 1 is 1.33 bits per heavy atom. The monoisotopic (exact) mass is 285 g/mol. The number of hydrogen-bond acceptors (Lipinski definition) is 5. The summed E-state index contributed by atoms with van der Waals surface area (Å²) in [4.78, 5) is 21.5. The van der Waals surface area contributed by atoms with Gasteiger partial charge in [0.15, 0.2) is 5.69 Å². The number of carboxylic acid groups (broad SMARTS) is 1. The number of anilines is 1. The van der Waals surface area contributed by atoms with Gasteiger partial charge in [-0.25, -0.2) is 14.8 Å². The molecule has 0 bridgehead atoms. The number of hydrogen-bond donors (Lipinski definition) is 1. The van der Waals surface area contributed by atoms with Crippen LogP contribution in [0.25, 0.3) is 0 Å². The number of nitrogens with zero attached hydrogens (tertiary/aromatic N) is 3. The second-order valence-electron chi connectivity index (χ2n) is 4.88. The highest BCUT2D eigenvalue weighted by Gasteiger charge is 2.19. The summed E-state index contributed by atoms with van der Waals surface area (Å²) in [6.45, 7) is 3.48. The summed E-state index contributed by atoms with van der Waals surface area (Å²) in [6, 6.07) is 9.26. The standard InChI is InChI=1S/C15H15N3O3/c1-10-8-12(14(19)20)17-15(16-10)18-6-7-21-13-5-3-2-4-11(13)9-18/h2-5,8H,6-7,9H2,1H3,(H,19,20). The molecule has 1 N–H and O–H groups in total. The molecule has 0 saturated heterocycles. The molecule has 1 aliphatic heterocycles. The summed E-state index contributed by atoms with van der Waals surface area (Å²) in [7, 11) is 0. The molecule has 6 heteroatoms. The van der Waals surface area contributed by atoms with Crippen LogP contribution < -0.4 is 9.64 Å². The van der Waals surface area contributed by atoms with Crippen LogP contribution >= 0.6 is 0 Å². The fourth-order valence-corrected chi connectivity index (χ4v) is 2.30. The van der Waals surface area contributed by atoms with E-state index in [0.29, 0.717) is 31.3 Å². The van der Waals surface area contributed by atoms with E-state index >= 15 is 0 Å². The lowest BCUT2D eigenvalue weighted by molar-refractivity contribution is 0.0690. The minimum absolute atomic E-state index is 0.0101. The van der Waals surface area contributed by atoms with Crippen molar-refractivity contribution in [1.29, 1.82) is 0 Å². The van der Waals surface area contributed by atoms with Crippen LogP contribution in [-0.2, 0) is 6.54 Å². The Morgan fingerprint density at radius 3 is 2.95 bits per heavy atom. The lowest BCUT2D eigenvalue weighted by atomic mass is 10.2. The minimum Gasteiger partial charge on any atom is -0.491 e. The van der Waals surface area contributed by atoms with Crippen LogP contribution in [0.15, 0.2) is 30.3 Å². The maximum Gasteiger partial charge on any atom is 0.354 e. The highest BCUT2D eigenvalue weighted by Crippen LogP contribution is 2.24. The van der Waals surface area contributed by atoms with Gasteiger partial charge in [0.2, 0.25) is 5.95 Å². The van der Waals surface area contributed by atoms with Gasteiger partial charge in [0.1, 0.15) is 12.4 Å². The Balaban J connectivity index is 1.95. The third kappa shape index (κ3) is 2.79. The maximum absolute atomic E-state index is 11.1. The minimum atomic E-state index is -1.05. The predicted molar refractivity (Wildman–Crippen MR) is 76.7 cm³/mol. The first-order valence-electron chi connectivity index (χ1n) is 6.68. The van der Waals surface area contributed by atoms with Crippen LogP contribution in [0.3, 0.4) is 0 Å². The fraction of sp³-hybridized carbons (Fsp3) is 0.267. The van der Waals surface area contributed by atoms with Crippen LogP contribution in [0.4, 0.5) is 5.95 Å². The van der Waals surface area contributed by atoms with E-state index in [-0.39, 0.29) is 5.69 Å². The first-order chi connectivity index (χ1) is 10.1. The molecule has 21 heavy (non-hydrogen) atoms. The van der Waals surface area contributed by atoms with E-state index in [1.807, 2.05) is 29.2 Å². The van der Waals surface area contributed by atoms with Gasteiger partial charge in [-0.3, -0.25) is 0 Å². The van der Waals surface area contributed by atoms with Gasteiger partial charge in [-0.05, 0) is 19.1 Å². The Bertz CT molecular complexity index is 688. The number of rotatable bonds is 2. The van der Waals surface area contributed by atoms with Gasteiger partial charge in [-0.1, -0.05) is 18.2 Å². The largest absolute Gasteiger partial charge is 0.491 e. The molecule has 0 radical (unpaired) electrons. The molecule has 0 aliphatic carbocycles. The quantitative estimate of drug-likeness (QED) is 0.908. The van der Waals surface area contributed by atoms with E-state index in [4.69, 9.17) is 9.84 Å². The summed E-state index contributed by atoms with van der Waals surface area (Å²) in [6.07, 6.45) is 0. The number of aryl methyl sites for hydroxylation is 1. The average Bonchev–Trinajstić information content (AvgIpc) is 2.68. The van der Waals surface area contributed by atoms with Crippen molar-refractivity contribution in [3.8, 4) is 5.75 Å². The fourth-order valence-electron chi connectivity index (χ4n) is 2.30. The Morgan fingerprint density at radius 2 is 2.14 bits per heavy atom. The molecule has 1 aliphatic rings. The molecule has 6 nitrogen and oxygen atoms in total. The van der Waals surface area contributed by atoms with E-state index in [9.17, 15) is 4.79 Å². The molecule has 2 heterocycles. The summed E-state index contributed by atoms with van der Waals surface area (Å²) in [5, 5.41) is 9.11. The van der Waals surface area contributed by atoms with Crippen molar-refractivity contribution in [2.75, 3.05) is 18.1 Å². The van der Waals surface area contributed by atoms with Crippen molar-refractivity contribution in [3.05, 3.63) is 47.3 Å². The van der Waals surface area contributed by atoms with Crippen LogP contribution in [0.2, 0.25) is 0 Å². The van der Waals surface area contributed by atoms with Crippen molar-refractivity contribution in [1.82, 2.24) is 9.97 Å². The first kappa shape index (κ1) is 13.4. The van der Waals surface area contributed by atoms with Crippen LogP contribution in [-0.4, -0.2) is 34.2 Å². The zero-order valence-corrected chi connectivity index (χ0v) is 11.6. The molecule has 0 amide bonds. The number of carbonyl (C=O) groups is 1. The molecule has 0 atom stereocenters. The predicted octanol–water partition coefficient (Wildman–Crippen LogP) is 1.88. The van der Waals surface area contributed by atoms with E-state index < -0.39 is 5.97 Å². The molecule has 2 aromatic rings. The average molecular weight is 285 g/mol. The van der Waals surface area contributed by atoms with E-state index in [1.54, 1.807) is 6.92 Å². The Kier molecular flexibility index (Phi) is 3.43. The highest BCUT2D eigenvalue weighted by atomic mass is 16.5. The molecule has 108 valence electrons. The van der Waals surface area contributed by atoms with Crippen molar-refractivity contribution in [2.45, 2.75) is 13.5 Å². The smallest absolute Gasteiger partial charge is 0.354 e. The number of para-hydroxylation sites is 1. The summed E-state index contributed by atoms with van der Waals surface area (Å²) in [5.41, 5.74) is 1.68. The summed E-state index contributed by atoms with van der Waals surface area (Å²) < 4.78 is 5.69. The molecular formula is C15H15N3O3. The molecule has 0 fully saturated rings. The zero-order chi connectivity index (χ0) is 14.8. The molecule has 0 unspecified atom stereocenters. The van der Waals surface area contributed by atoms with Gasteiger partial charge in [-0.15, -0.1) is 0 Å². The lowest BCUT2D eigenvalue weighted by Crippen LogP contribution is -2.28. The summed E-state index contributed by atoms with van der Waals surface area (Å²) in [5.74, 6) is 0.229. The number of fused-ring (bicyclic) bond motifs is 1. The lowest BCUT2D eigenvalue weighted by Gasteiger charge is -2.20. The third-order valence-electron chi connectivity index (χ3n) is 3.30. The number of aromatic carboxylic acids is 1. The molecule has 0 spiro atoms. The zero-order valence-electron chi connectivity index (χ0n) is 11.6. The van der Waals surface area contributed by atoms with Crippen molar-refractivity contribution in [3.63, 3.8) is 0 Å². The van der Waals surface area contributed by atoms with Crippen molar-refractivity contribution in [2.24, 2.45) is 0 Å². The van der Waals surface area contributed by atoms with Crippen LogP contribution in [0, 0.1) is 6.92 Å². The third-order valence-corrected chi connectivity index (χ3v) is 3.30. The van der Waals surface area contributed by atoms with Gasteiger partial charge >= 0.3 is 5.97 Å². The second kappa shape index (κ2) is 5.40. The van der Waals surface area contributed by atoms with E-state index in [2.05, 4.69) is 9.97 Å². The highest BCUT2D eigenvalue weighted by molar-refractivity contribution is 5.85. The van der Waals surface area contributed by atoms with Crippen molar-refractivity contribution < 1.29 is 14.6 Å². The second-order valence-corrected chi connectivity index (χ2v) is 4.88. The number of ether oxygens (including phenoxy) is 1. The van der Waals surface area contributed by atoms with E-state index in [1.165, 1.54) is 6.07 Å². The Hall–Kier alpha value is -2.63. The van der Waals surface area contributed by atoms with Gasteiger partial charge < -0.3 is 14.7 Å². The molecule has 0 saturated carbocycles. The number of benzene rings is 1. The number of carboxylic acids is 1. The van der Waals surface area contributed by atoms with E-state index in [0.717, 1.165) is 11.3 Å². The SMILES string of the molecule is Cc1cc(C(=O)O)nc(N2CCOc3ccccc3C2)n1. The molecule has 3 rings (SSSR count). The van der Waals surface area contributed by atoms with Gasteiger partial charge in [0.25, 0.3) is 0 Å². The Labute approximate surface area is 122 Å². The molecule has 1 aromatic heterocycles. The normalized spacial score (nSPS) is 14.0. The van der Waals surface area contributed by atoms with Gasteiger partial charge in [0.05, 0.1) is 6.54 Å². The number of aromatic nitrogens is 2.